The maximum Gasteiger partial charge on any atom is 0.188 e. The molecule has 1 aromatic rings. The SMILES string of the molecule is C=C(C)CCOCC(=O)c1ccc(OCC)cc1. The Kier molecular flexibility index (Phi) is 6.15. The van der Waals surface area contributed by atoms with Crippen LogP contribution in [0.25, 0.3) is 0 Å². The largest absolute Gasteiger partial charge is 0.494 e. The van der Waals surface area contributed by atoms with E-state index in [9.17, 15) is 4.79 Å². The van der Waals surface area contributed by atoms with Gasteiger partial charge in [-0.15, -0.1) is 6.58 Å². The van der Waals surface area contributed by atoms with Gasteiger partial charge >= 0.3 is 0 Å². The van der Waals surface area contributed by atoms with Gasteiger partial charge in [-0.2, -0.15) is 0 Å². The zero-order valence-electron chi connectivity index (χ0n) is 11.1. The highest BCUT2D eigenvalue weighted by Crippen LogP contribution is 2.12. The summed E-state index contributed by atoms with van der Waals surface area (Å²) in [5.74, 6) is 0.761. The highest BCUT2D eigenvalue weighted by Gasteiger charge is 2.05. The predicted molar refractivity (Wildman–Crippen MR) is 72.2 cm³/mol. The lowest BCUT2D eigenvalue weighted by Crippen LogP contribution is -2.10. The van der Waals surface area contributed by atoms with E-state index in [4.69, 9.17) is 9.47 Å². The molecule has 18 heavy (non-hydrogen) atoms. The number of carbonyl (C=O) groups is 1. The van der Waals surface area contributed by atoms with Gasteiger partial charge in [0.25, 0.3) is 0 Å². The molecule has 0 N–H and O–H groups in total. The molecule has 0 heterocycles. The second-order valence-electron chi connectivity index (χ2n) is 4.14. The van der Waals surface area contributed by atoms with Crippen molar-refractivity contribution in [3.8, 4) is 5.75 Å². The van der Waals surface area contributed by atoms with Gasteiger partial charge in [-0.1, -0.05) is 5.57 Å². The van der Waals surface area contributed by atoms with E-state index in [1.54, 1.807) is 24.3 Å². The molecule has 0 fully saturated rings. The van der Waals surface area contributed by atoms with Crippen LogP contribution in [0, 0.1) is 0 Å². The molecule has 0 radical (unpaired) electrons. The lowest BCUT2D eigenvalue weighted by molar-refractivity contribution is 0.0765. The van der Waals surface area contributed by atoms with E-state index in [2.05, 4.69) is 6.58 Å². The third kappa shape index (κ3) is 5.15. The van der Waals surface area contributed by atoms with Crippen molar-refractivity contribution in [2.75, 3.05) is 19.8 Å². The van der Waals surface area contributed by atoms with Crippen molar-refractivity contribution >= 4 is 5.78 Å². The van der Waals surface area contributed by atoms with E-state index in [0.29, 0.717) is 18.8 Å². The van der Waals surface area contributed by atoms with Crippen molar-refractivity contribution in [2.24, 2.45) is 0 Å². The maximum atomic E-state index is 11.8. The molecule has 0 bridgehead atoms. The minimum Gasteiger partial charge on any atom is -0.494 e. The van der Waals surface area contributed by atoms with Gasteiger partial charge in [-0.25, -0.2) is 0 Å². The third-order valence-corrected chi connectivity index (χ3v) is 2.39. The quantitative estimate of drug-likeness (QED) is 0.402. The number of carbonyl (C=O) groups excluding carboxylic acids is 1. The van der Waals surface area contributed by atoms with Gasteiger partial charge in [0.1, 0.15) is 12.4 Å². The average molecular weight is 248 g/mol. The summed E-state index contributed by atoms with van der Waals surface area (Å²) < 4.78 is 10.6. The van der Waals surface area contributed by atoms with Gasteiger partial charge in [-0.3, -0.25) is 4.79 Å². The zero-order chi connectivity index (χ0) is 13.4. The summed E-state index contributed by atoms with van der Waals surface area (Å²) in [6.45, 7) is 8.92. The summed E-state index contributed by atoms with van der Waals surface area (Å²) in [6.07, 6.45) is 0.788. The molecule has 0 aliphatic carbocycles. The zero-order valence-corrected chi connectivity index (χ0v) is 11.1. The van der Waals surface area contributed by atoms with E-state index in [1.807, 2.05) is 13.8 Å². The number of hydrogen-bond donors (Lipinski definition) is 0. The molecule has 0 atom stereocenters. The first-order valence-corrected chi connectivity index (χ1v) is 6.11. The summed E-state index contributed by atoms with van der Waals surface area (Å²) >= 11 is 0. The van der Waals surface area contributed by atoms with E-state index in [0.717, 1.165) is 17.7 Å². The second-order valence-corrected chi connectivity index (χ2v) is 4.14. The fourth-order valence-corrected chi connectivity index (χ4v) is 1.40. The van der Waals surface area contributed by atoms with E-state index in [-0.39, 0.29) is 12.4 Å². The van der Waals surface area contributed by atoms with Gasteiger partial charge in [0.15, 0.2) is 5.78 Å². The monoisotopic (exact) mass is 248 g/mol. The number of benzene rings is 1. The van der Waals surface area contributed by atoms with Crippen LogP contribution in [0.15, 0.2) is 36.4 Å². The number of ketones is 1. The van der Waals surface area contributed by atoms with Gasteiger partial charge in [-0.05, 0) is 44.5 Å². The summed E-state index contributed by atoms with van der Waals surface area (Å²) in [7, 11) is 0. The van der Waals surface area contributed by atoms with E-state index >= 15 is 0 Å². The Labute approximate surface area is 108 Å². The molecule has 3 heteroatoms. The molecule has 0 unspecified atom stereocenters. The molecule has 0 aliphatic heterocycles. The molecule has 0 saturated heterocycles. The van der Waals surface area contributed by atoms with Crippen molar-refractivity contribution in [1.82, 2.24) is 0 Å². The van der Waals surface area contributed by atoms with Crippen LogP contribution in [0.4, 0.5) is 0 Å². The first kappa shape index (κ1) is 14.5. The molecule has 0 aliphatic rings. The van der Waals surface area contributed by atoms with Crippen LogP contribution in [0.1, 0.15) is 30.6 Å². The Morgan fingerprint density at radius 2 is 1.94 bits per heavy atom. The Morgan fingerprint density at radius 3 is 2.50 bits per heavy atom. The van der Waals surface area contributed by atoms with Crippen LogP contribution in [0.3, 0.4) is 0 Å². The number of hydrogen-bond acceptors (Lipinski definition) is 3. The van der Waals surface area contributed by atoms with Crippen LogP contribution in [0.2, 0.25) is 0 Å². The molecular weight excluding hydrogens is 228 g/mol. The molecule has 1 aromatic carbocycles. The summed E-state index contributed by atoms with van der Waals surface area (Å²) in [4.78, 5) is 11.8. The lowest BCUT2D eigenvalue weighted by Gasteiger charge is -2.05. The van der Waals surface area contributed by atoms with Gasteiger partial charge in [0, 0.05) is 5.56 Å². The highest BCUT2D eigenvalue weighted by molar-refractivity contribution is 5.97. The molecule has 3 nitrogen and oxygen atoms in total. The Bertz CT molecular complexity index is 393. The van der Waals surface area contributed by atoms with Crippen molar-refractivity contribution in [1.29, 1.82) is 0 Å². The molecule has 0 aromatic heterocycles. The number of rotatable bonds is 8. The second kappa shape index (κ2) is 7.67. The molecule has 1 rings (SSSR count). The van der Waals surface area contributed by atoms with Crippen LogP contribution in [-0.4, -0.2) is 25.6 Å². The molecule has 0 amide bonds. The topological polar surface area (TPSA) is 35.5 Å². The predicted octanol–water partition coefficient (Wildman–Crippen LogP) is 3.25. The number of Topliss-reactive ketones (excluding diaryl/α,β-unsaturated/α-hetero) is 1. The molecular formula is C15H20O3. The molecule has 0 spiro atoms. The smallest absolute Gasteiger partial charge is 0.188 e. The average Bonchev–Trinajstić information content (AvgIpc) is 2.35. The number of ether oxygens (including phenoxy) is 2. The van der Waals surface area contributed by atoms with E-state index in [1.165, 1.54) is 0 Å². The highest BCUT2D eigenvalue weighted by atomic mass is 16.5. The van der Waals surface area contributed by atoms with Crippen LogP contribution in [0.5, 0.6) is 5.75 Å². The summed E-state index contributed by atoms with van der Waals surface area (Å²) in [5.41, 5.74) is 1.71. The van der Waals surface area contributed by atoms with E-state index < -0.39 is 0 Å². The van der Waals surface area contributed by atoms with Crippen molar-refractivity contribution in [3.63, 3.8) is 0 Å². The maximum absolute atomic E-state index is 11.8. The van der Waals surface area contributed by atoms with Crippen molar-refractivity contribution in [2.45, 2.75) is 20.3 Å². The van der Waals surface area contributed by atoms with Crippen LogP contribution >= 0.6 is 0 Å². The van der Waals surface area contributed by atoms with Gasteiger partial charge in [0.2, 0.25) is 0 Å². The Morgan fingerprint density at radius 1 is 1.28 bits per heavy atom. The van der Waals surface area contributed by atoms with Gasteiger partial charge in [0.05, 0.1) is 13.2 Å². The third-order valence-electron chi connectivity index (χ3n) is 2.39. The minimum absolute atomic E-state index is 0.0141. The summed E-state index contributed by atoms with van der Waals surface area (Å²) in [6, 6.07) is 7.11. The standard InChI is InChI=1S/C15H20O3/c1-4-18-14-7-5-13(6-8-14)15(16)11-17-10-9-12(2)3/h5-8H,2,4,9-11H2,1,3H3. The minimum atomic E-state index is -0.0141. The first-order valence-electron chi connectivity index (χ1n) is 6.11. The van der Waals surface area contributed by atoms with Crippen LogP contribution < -0.4 is 4.74 Å². The van der Waals surface area contributed by atoms with Crippen molar-refractivity contribution in [3.05, 3.63) is 42.0 Å². The van der Waals surface area contributed by atoms with Gasteiger partial charge < -0.3 is 9.47 Å². The molecule has 98 valence electrons. The normalized spacial score (nSPS) is 10.1. The van der Waals surface area contributed by atoms with Crippen LogP contribution in [-0.2, 0) is 4.74 Å². The fraction of sp³-hybridized carbons (Fsp3) is 0.400. The lowest BCUT2D eigenvalue weighted by atomic mass is 10.1. The fourth-order valence-electron chi connectivity index (χ4n) is 1.40. The Hall–Kier alpha value is -1.61. The van der Waals surface area contributed by atoms with Crippen molar-refractivity contribution < 1.29 is 14.3 Å². The summed E-state index contributed by atoms with van der Waals surface area (Å²) in [5, 5.41) is 0. The Balaban J connectivity index is 2.39. The molecule has 0 saturated carbocycles. The first-order chi connectivity index (χ1) is 8.63.